The molecule has 0 unspecified atom stereocenters. The Kier molecular flexibility index (Phi) is 2.08. The van der Waals surface area contributed by atoms with Gasteiger partial charge in [0.05, 0.1) is 10.5 Å². The number of benzene rings is 1. The lowest BCUT2D eigenvalue weighted by Gasteiger charge is -2.05. The third-order valence-corrected chi connectivity index (χ3v) is 3.65. The van der Waals surface area contributed by atoms with Crippen LogP contribution >= 0.6 is 23.2 Å². The average molecular weight is 239 g/mol. The summed E-state index contributed by atoms with van der Waals surface area (Å²) in [6.07, 6.45) is 3.39. The summed E-state index contributed by atoms with van der Waals surface area (Å²) in [5.41, 5.74) is 3.58. The van der Waals surface area contributed by atoms with Crippen LogP contribution < -0.4 is 0 Å². The van der Waals surface area contributed by atoms with Crippen LogP contribution in [0.15, 0.2) is 12.1 Å². The van der Waals surface area contributed by atoms with Crippen molar-refractivity contribution in [2.45, 2.75) is 19.3 Å². The summed E-state index contributed by atoms with van der Waals surface area (Å²) in [4.78, 5) is 0. The number of fused-ring (bicyclic) bond motifs is 3. The van der Waals surface area contributed by atoms with Crippen LogP contribution in [0.5, 0.6) is 0 Å². The molecule has 0 saturated heterocycles. The predicted octanol–water partition coefficient (Wildman–Crippen LogP) is 3.43. The number of hydrogen-bond donors (Lipinski definition) is 0. The molecule has 0 spiro atoms. The molecule has 2 aromatic rings. The monoisotopic (exact) mass is 238 g/mol. The number of hydrogen-bond acceptors (Lipinski definition) is 2. The zero-order valence-electron chi connectivity index (χ0n) is 7.93. The molecule has 1 aliphatic rings. The molecule has 0 saturated carbocycles. The maximum Gasteiger partial charge on any atom is 0.170 e. The second kappa shape index (κ2) is 3.32. The Balaban J connectivity index is 2.43. The van der Waals surface area contributed by atoms with Gasteiger partial charge in [0.15, 0.2) is 5.15 Å². The highest BCUT2D eigenvalue weighted by Gasteiger charge is 2.17. The van der Waals surface area contributed by atoms with Gasteiger partial charge in [0.1, 0.15) is 0 Å². The zero-order valence-corrected chi connectivity index (χ0v) is 9.44. The Morgan fingerprint density at radius 2 is 1.93 bits per heavy atom. The first-order valence-corrected chi connectivity index (χ1v) is 5.65. The van der Waals surface area contributed by atoms with Crippen molar-refractivity contribution in [1.29, 1.82) is 0 Å². The van der Waals surface area contributed by atoms with E-state index in [1.807, 2.05) is 6.07 Å². The molecule has 15 heavy (non-hydrogen) atoms. The molecule has 1 aliphatic carbocycles. The Morgan fingerprint density at radius 1 is 1.07 bits per heavy atom. The number of aromatic nitrogens is 2. The summed E-state index contributed by atoms with van der Waals surface area (Å²) in [5.74, 6) is 0. The Bertz CT molecular complexity index is 552. The third kappa shape index (κ3) is 1.32. The predicted molar refractivity (Wildman–Crippen MR) is 61.6 cm³/mol. The second-order valence-corrected chi connectivity index (χ2v) is 4.49. The first-order valence-electron chi connectivity index (χ1n) is 4.89. The highest BCUT2D eigenvalue weighted by molar-refractivity contribution is 6.44. The van der Waals surface area contributed by atoms with E-state index in [0.717, 1.165) is 23.7 Å². The summed E-state index contributed by atoms with van der Waals surface area (Å²) in [6.45, 7) is 0. The first kappa shape index (κ1) is 9.37. The lowest BCUT2D eigenvalue weighted by atomic mass is 10.1. The fourth-order valence-corrected chi connectivity index (χ4v) is 2.52. The van der Waals surface area contributed by atoms with Crippen molar-refractivity contribution in [2.75, 3.05) is 0 Å². The van der Waals surface area contributed by atoms with E-state index < -0.39 is 0 Å². The van der Waals surface area contributed by atoms with Crippen molar-refractivity contribution >= 4 is 34.1 Å². The highest BCUT2D eigenvalue weighted by atomic mass is 35.5. The number of aryl methyl sites for hydroxylation is 2. The van der Waals surface area contributed by atoms with E-state index in [4.69, 9.17) is 23.2 Å². The molecule has 3 rings (SSSR count). The van der Waals surface area contributed by atoms with Gasteiger partial charge in [-0.2, -0.15) is 0 Å². The molecular formula is C11H8Cl2N2. The molecule has 0 bridgehead atoms. The van der Waals surface area contributed by atoms with Gasteiger partial charge < -0.3 is 0 Å². The van der Waals surface area contributed by atoms with Gasteiger partial charge in [-0.05, 0) is 30.4 Å². The van der Waals surface area contributed by atoms with Crippen LogP contribution in [0.2, 0.25) is 10.2 Å². The molecule has 0 fully saturated rings. The lowest BCUT2D eigenvalue weighted by molar-refractivity contribution is 0.911. The number of halogens is 2. The van der Waals surface area contributed by atoms with Crippen molar-refractivity contribution in [1.82, 2.24) is 10.2 Å². The Labute approximate surface area is 97.2 Å². The fraction of sp³-hybridized carbons (Fsp3) is 0.273. The van der Waals surface area contributed by atoms with Crippen LogP contribution in [0.3, 0.4) is 0 Å². The van der Waals surface area contributed by atoms with E-state index in [0.29, 0.717) is 5.02 Å². The number of rotatable bonds is 0. The Hall–Kier alpha value is -0.860. The van der Waals surface area contributed by atoms with Crippen LogP contribution in [0.1, 0.15) is 17.5 Å². The van der Waals surface area contributed by atoms with Crippen LogP contribution in [-0.2, 0) is 12.8 Å². The fourth-order valence-electron chi connectivity index (χ4n) is 2.19. The molecule has 2 nitrogen and oxygen atoms in total. The molecule has 76 valence electrons. The van der Waals surface area contributed by atoms with E-state index in [1.54, 1.807) is 0 Å². The van der Waals surface area contributed by atoms with Crippen LogP contribution in [0.4, 0.5) is 0 Å². The van der Waals surface area contributed by atoms with E-state index in [2.05, 4.69) is 16.3 Å². The summed E-state index contributed by atoms with van der Waals surface area (Å²) in [6, 6.07) is 4.11. The molecule has 1 aromatic carbocycles. The molecule has 4 heteroatoms. The second-order valence-electron chi connectivity index (χ2n) is 3.76. The van der Waals surface area contributed by atoms with Gasteiger partial charge in [-0.25, -0.2) is 0 Å². The zero-order chi connectivity index (χ0) is 10.4. The third-order valence-electron chi connectivity index (χ3n) is 2.91. The van der Waals surface area contributed by atoms with Gasteiger partial charge in [-0.15, -0.1) is 10.2 Å². The summed E-state index contributed by atoms with van der Waals surface area (Å²) in [7, 11) is 0. The topological polar surface area (TPSA) is 25.8 Å². The van der Waals surface area contributed by atoms with Crippen molar-refractivity contribution in [2.24, 2.45) is 0 Å². The summed E-state index contributed by atoms with van der Waals surface area (Å²) < 4.78 is 0. The van der Waals surface area contributed by atoms with Crippen LogP contribution in [-0.4, -0.2) is 10.2 Å². The molecule has 1 aromatic heterocycles. The minimum Gasteiger partial charge on any atom is -0.149 e. The molecular weight excluding hydrogens is 231 g/mol. The molecule has 1 heterocycles. The largest absolute Gasteiger partial charge is 0.170 e. The molecule has 0 atom stereocenters. The van der Waals surface area contributed by atoms with E-state index in [-0.39, 0.29) is 5.15 Å². The Morgan fingerprint density at radius 3 is 2.80 bits per heavy atom. The van der Waals surface area contributed by atoms with E-state index in [9.17, 15) is 0 Å². The SMILES string of the molecule is Clc1nnc2c3c(ccc2c1Cl)CCC3. The highest BCUT2D eigenvalue weighted by Crippen LogP contribution is 2.33. The van der Waals surface area contributed by atoms with Crippen molar-refractivity contribution in [3.05, 3.63) is 33.4 Å². The molecule has 0 aliphatic heterocycles. The van der Waals surface area contributed by atoms with Gasteiger partial charge in [0.2, 0.25) is 0 Å². The lowest BCUT2D eigenvalue weighted by Crippen LogP contribution is -1.92. The maximum absolute atomic E-state index is 6.09. The van der Waals surface area contributed by atoms with Gasteiger partial charge in [-0.3, -0.25) is 0 Å². The van der Waals surface area contributed by atoms with E-state index >= 15 is 0 Å². The molecule has 0 N–H and O–H groups in total. The van der Waals surface area contributed by atoms with Crippen molar-refractivity contribution < 1.29 is 0 Å². The average Bonchev–Trinajstić information content (AvgIpc) is 2.71. The van der Waals surface area contributed by atoms with E-state index in [1.165, 1.54) is 17.5 Å². The van der Waals surface area contributed by atoms with Crippen molar-refractivity contribution in [3.8, 4) is 0 Å². The van der Waals surface area contributed by atoms with Crippen LogP contribution in [0.25, 0.3) is 10.9 Å². The van der Waals surface area contributed by atoms with Crippen molar-refractivity contribution in [3.63, 3.8) is 0 Å². The minimum atomic E-state index is 0.280. The normalized spacial score (nSPS) is 14.5. The minimum absolute atomic E-state index is 0.280. The summed E-state index contributed by atoms with van der Waals surface area (Å²) >= 11 is 11.9. The van der Waals surface area contributed by atoms with Crippen LogP contribution in [0, 0.1) is 0 Å². The standard InChI is InChI=1S/C11H8Cl2N2/c12-9-8-5-4-6-2-1-3-7(6)10(8)14-15-11(9)13/h4-5H,1-3H2. The molecule has 0 radical (unpaired) electrons. The van der Waals surface area contributed by atoms with Gasteiger partial charge in [-0.1, -0.05) is 35.3 Å². The maximum atomic E-state index is 6.09. The number of nitrogens with zero attached hydrogens (tertiary/aromatic N) is 2. The smallest absolute Gasteiger partial charge is 0.149 e. The molecule has 0 amide bonds. The van der Waals surface area contributed by atoms with Gasteiger partial charge in [0.25, 0.3) is 0 Å². The summed E-state index contributed by atoms with van der Waals surface area (Å²) in [5, 5.41) is 9.72. The van der Waals surface area contributed by atoms with Gasteiger partial charge >= 0.3 is 0 Å². The first-order chi connectivity index (χ1) is 7.27. The van der Waals surface area contributed by atoms with Gasteiger partial charge in [0, 0.05) is 5.39 Å². The quantitative estimate of drug-likeness (QED) is 0.703.